The van der Waals surface area contributed by atoms with Gasteiger partial charge < -0.3 is 5.32 Å². The number of hydrogen-bond donors (Lipinski definition) is 1. The number of hydrogen-bond acceptors (Lipinski definition) is 1. The van der Waals surface area contributed by atoms with Crippen LogP contribution in [0.25, 0.3) is 0 Å². The fourth-order valence-electron chi connectivity index (χ4n) is 2.16. The molecule has 1 nitrogen and oxygen atoms in total. The van der Waals surface area contributed by atoms with Crippen LogP contribution >= 0.6 is 11.6 Å². The Hall–Kier alpha value is -1.68. The molecule has 0 saturated carbocycles. The molecule has 0 aliphatic rings. The maximum Gasteiger partial charge on any atom is 0.418 e. The van der Waals surface area contributed by atoms with Gasteiger partial charge in [0.05, 0.1) is 11.6 Å². The molecule has 2 aromatic carbocycles. The Kier molecular flexibility index (Phi) is 4.78. The summed E-state index contributed by atoms with van der Waals surface area (Å²) >= 11 is 5.84. The van der Waals surface area contributed by atoms with Crippen molar-refractivity contribution in [2.45, 2.75) is 25.6 Å². The third-order valence-electron chi connectivity index (χ3n) is 3.24. The first kappa shape index (κ1) is 15.7. The molecule has 1 unspecified atom stereocenters. The van der Waals surface area contributed by atoms with E-state index in [9.17, 15) is 13.2 Å². The van der Waals surface area contributed by atoms with Gasteiger partial charge in [0, 0.05) is 10.7 Å². The van der Waals surface area contributed by atoms with Gasteiger partial charge in [-0.05, 0) is 36.2 Å². The van der Waals surface area contributed by atoms with E-state index in [0.717, 1.165) is 11.6 Å². The number of benzene rings is 2. The quantitative estimate of drug-likeness (QED) is 0.738. The summed E-state index contributed by atoms with van der Waals surface area (Å²) in [6.07, 6.45) is -3.71. The standard InChI is InChI=1S/C16H15ClF3N/c1-2-14(11-7-9-12(17)10-8-11)21-15-6-4-3-5-13(15)16(18,19)20/h3-10,14,21H,2H2,1H3. The van der Waals surface area contributed by atoms with Crippen LogP contribution in [0, 0.1) is 0 Å². The van der Waals surface area contributed by atoms with Crippen molar-refractivity contribution in [3.63, 3.8) is 0 Å². The van der Waals surface area contributed by atoms with Crippen molar-refractivity contribution in [1.29, 1.82) is 0 Å². The van der Waals surface area contributed by atoms with Gasteiger partial charge in [-0.15, -0.1) is 0 Å². The molecule has 5 heteroatoms. The summed E-state index contributed by atoms with van der Waals surface area (Å²) in [5, 5.41) is 3.58. The molecule has 1 atom stereocenters. The van der Waals surface area contributed by atoms with Crippen LogP contribution in [0.15, 0.2) is 48.5 Å². The molecule has 2 aromatic rings. The van der Waals surface area contributed by atoms with E-state index in [1.807, 2.05) is 19.1 Å². The Morgan fingerprint density at radius 3 is 2.24 bits per heavy atom. The molecular weight excluding hydrogens is 299 g/mol. The lowest BCUT2D eigenvalue weighted by Gasteiger charge is -2.22. The lowest BCUT2D eigenvalue weighted by Crippen LogP contribution is -2.14. The maximum absolute atomic E-state index is 13.0. The Labute approximate surface area is 126 Å². The number of halogens is 4. The first-order chi connectivity index (χ1) is 9.91. The third kappa shape index (κ3) is 3.91. The van der Waals surface area contributed by atoms with Crippen molar-refractivity contribution in [3.8, 4) is 0 Å². The average Bonchev–Trinajstić information content (AvgIpc) is 2.45. The van der Waals surface area contributed by atoms with Crippen LogP contribution in [0.3, 0.4) is 0 Å². The molecule has 1 N–H and O–H groups in total. The molecule has 0 aliphatic heterocycles. The van der Waals surface area contributed by atoms with Crippen molar-refractivity contribution in [3.05, 3.63) is 64.7 Å². The molecule has 112 valence electrons. The van der Waals surface area contributed by atoms with Gasteiger partial charge in [-0.25, -0.2) is 0 Å². The van der Waals surface area contributed by atoms with Crippen LogP contribution in [0.1, 0.15) is 30.5 Å². The molecule has 0 radical (unpaired) electrons. The smallest absolute Gasteiger partial charge is 0.378 e. The van der Waals surface area contributed by atoms with E-state index in [1.54, 1.807) is 18.2 Å². The third-order valence-corrected chi connectivity index (χ3v) is 3.49. The SMILES string of the molecule is CCC(Nc1ccccc1C(F)(F)F)c1ccc(Cl)cc1. The molecule has 0 aliphatic carbocycles. The van der Waals surface area contributed by atoms with Gasteiger partial charge in [0.2, 0.25) is 0 Å². The Morgan fingerprint density at radius 2 is 1.67 bits per heavy atom. The first-order valence-electron chi connectivity index (χ1n) is 6.60. The lowest BCUT2D eigenvalue weighted by molar-refractivity contribution is -0.137. The fourth-order valence-corrected chi connectivity index (χ4v) is 2.29. The van der Waals surface area contributed by atoms with Crippen molar-refractivity contribution >= 4 is 17.3 Å². The zero-order chi connectivity index (χ0) is 15.5. The van der Waals surface area contributed by atoms with E-state index in [2.05, 4.69) is 5.32 Å². The summed E-state index contributed by atoms with van der Waals surface area (Å²) in [5.74, 6) is 0. The first-order valence-corrected chi connectivity index (χ1v) is 6.98. The largest absolute Gasteiger partial charge is 0.418 e. The highest BCUT2D eigenvalue weighted by molar-refractivity contribution is 6.30. The van der Waals surface area contributed by atoms with E-state index >= 15 is 0 Å². The lowest BCUT2D eigenvalue weighted by atomic mass is 10.0. The molecule has 21 heavy (non-hydrogen) atoms. The molecule has 0 fully saturated rings. The van der Waals surface area contributed by atoms with Gasteiger partial charge in [0.15, 0.2) is 0 Å². The summed E-state index contributed by atoms with van der Waals surface area (Å²) in [4.78, 5) is 0. The minimum atomic E-state index is -4.37. The van der Waals surface area contributed by atoms with Crippen LogP contribution in [0.2, 0.25) is 5.02 Å². The zero-order valence-corrected chi connectivity index (χ0v) is 12.2. The molecular formula is C16H15ClF3N. The van der Waals surface area contributed by atoms with Gasteiger partial charge in [-0.3, -0.25) is 0 Å². The Morgan fingerprint density at radius 1 is 1.05 bits per heavy atom. The van der Waals surface area contributed by atoms with E-state index in [-0.39, 0.29) is 11.7 Å². The van der Waals surface area contributed by atoms with E-state index in [1.165, 1.54) is 12.1 Å². The Balaban J connectivity index is 2.29. The normalized spacial score (nSPS) is 13.0. The maximum atomic E-state index is 13.0. The molecule has 0 amide bonds. The second-order valence-electron chi connectivity index (χ2n) is 4.70. The van der Waals surface area contributed by atoms with Gasteiger partial charge in [-0.2, -0.15) is 13.2 Å². The monoisotopic (exact) mass is 313 g/mol. The van der Waals surface area contributed by atoms with Gasteiger partial charge in [-0.1, -0.05) is 42.8 Å². The van der Waals surface area contributed by atoms with Crippen molar-refractivity contribution in [2.75, 3.05) is 5.32 Å². The summed E-state index contributed by atoms with van der Waals surface area (Å²) < 4.78 is 39.0. The van der Waals surface area contributed by atoms with Crippen LogP contribution < -0.4 is 5.32 Å². The Bertz CT molecular complexity index is 593. The number of nitrogens with one attached hydrogen (secondary N) is 1. The molecule has 0 heterocycles. The number of rotatable bonds is 4. The number of anilines is 1. The van der Waals surface area contributed by atoms with Crippen LogP contribution in [-0.4, -0.2) is 0 Å². The average molecular weight is 314 g/mol. The van der Waals surface area contributed by atoms with E-state index in [0.29, 0.717) is 11.4 Å². The summed E-state index contributed by atoms with van der Waals surface area (Å²) in [7, 11) is 0. The second kappa shape index (κ2) is 6.39. The molecule has 0 saturated heterocycles. The fraction of sp³-hybridized carbons (Fsp3) is 0.250. The van der Waals surface area contributed by atoms with Gasteiger partial charge in [0.1, 0.15) is 0 Å². The van der Waals surface area contributed by atoms with Crippen LogP contribution in [0.4, 0.5) is 18.9 Å². The van der Waals surface area contributed by atoms with E-state index < -0.39 is 11.7 Å². The zero-order valence-electron chi connectivity index (χ0n) is 11.4. The highest BCUT2D eigenvalue weighted by Gasteiger charge is 2.33. The predicted octanol–water partition coefficient (Wildman–Crippen LogP) is 5.92. The van der Waals surface area contributed by atoms with Crippen molar-refractivity contribution in [1.82, 2.24) is 0 Å². The second-order valence-corrected chi connectivity index (χ2v) is 5.14. The minimum absolute atomic E-state index is 0.0896. The van der Waals surface area contributed by atoms with Crippen molar-refractivity contribution in [2.24, 2.45) is 0 Å². The molecule has 0 aromatic heterocycles. The topological polar surface area (TPSA) is 12.0 Å². The highest BCUT2D eigenvalue weighted by atomic mass is 35.5. The minimum Gasteiger partial charge on any atom is -0.378 e. The molecule has 2 rings (SSSR count). The van der Waals surface area contributed by atoms with Crippen molar-refractivity contribution < 1.29 is 13.2 Å². The van der Waals surface area contributed by atoms with Gasteiger partial charge >= 0.3 is 6.18 Å². The van der Waals surface area contributed by atoms with Gasteiger partial charge in [0.25, 0.3) is 0 Å². The summed E-state index contributed by atoms with van der Waals surface area (Å²) in [5.41, 5.74) is 0.336. The number of alkyl halides is 3. The molecule has 0 spiro atoms. The number of para-hydroxylation sites is 1. The summed E-state index contributed by atoms with van der Waals surface area (Å²) in [6.45, 7) is 1.92. The van der Waals surface area contributed by atoms with Crippen LogP contribution in [-0.2, 0) is 6.18 Å². The van der Waals surface area contributed by atoms with E-state index in [4.69, 9.17) is 11.6 Å². The van der Waals surface area contributed by atoms with Crippen LogP contribution in [0.5, 0.6) is 0 Å². The highest BCUT2D eigenvalue weighted by Crippen LogP contribution is 2.36. The molecule has 0 bridgehead atoms. The predicted molar refractivity (Wildman–Crippen MR) is 79.6 cm³/mol. The summed E-state index contributed by atoms with van der Waals surface area (Å²) in [6, 6.07) is 12.4.